The van der Waals surface area contributed by atoms with Gasteiger partial charge in [0.1, 0.15) is 11.3 Å². The van der Waals surface area contributed by atoms with Crippen LogP contribution in [0.15, 0.2) is 36.5 Å². The average molecular weight is 328 g/mol. The van der Waals surface area contributed by atoms with E-state index in [0.717, 1.165) is 18.5 Å². The van der Waals surface area contributed by atoms with E-state index < -0.39 is 5.97 Å². The molecule has 1 aliphatic rings. The van der Waals surface area contributed by atoms with E-state index in [1.807, 2.05) is 30.3 Å². The number of amides is 1. The first-order chi connectivity index (χ1) is 11.6. The summed E-state index contributed by atoms with van der Waals surface area (Å²) in [6, 6.07) is 10.0. The second kappa shape index (κ2) is 6.74. The summed E-state index contributed by atoms with van der Waals surface area (Å²) >= 11 is 0. The lowest BCUT2D eigenvalue weighted by Crippen LogP contribution is -2.46. The van der Waals surface area contributed by atoms with E-state index >= 15 is 0 Å². The normalized spacial score (nSPS) is 17.5. The molecule has 0 saturated carbocycles. The zero-order valence-electron chi connectivity index (χ0n) is 13.5. The Hall–Kier alpha value is -2.83. The van der Waals surface area contributed by atoms with Crippen LogP contribution in [0.5, 0.6) is 0 Å². The molecule has 1 unspecified atom stereocenters. The third-order valence-corrected chi connectivity index (χ3v) is 4.22. The number of benzene rings is 1. The first-order valence-electron chi connectivity index (χ1n) is 7.92. The minimum Gasteiger partial charge on any atom is -0.478 e. The molecule has 3 rings (SSSR count). The van der Waals surface area contributed by atoms with E-state index in [-0.39, 0.29) is 23.2 Å². The Balaban J connectivity index is 1.74. The highest BCUT2D eigenvalue weighted by Crippen LogP contribution is 2.19. The van der Waals surface area contributed by atoms with Crippen molar-refractivity contribution in [3.8, 4) is 0 Å². The van der Waals surface area contributed by atoms with Gasteiger partial charge >= 0.3 is 5.97 Å². The van der Waals surface area contributed by atoms with Crippen LogP contribution < -0.4 is 5.32 Å². The van der Waals surface area contributed by atoms with Gasteiger partial charge in [0.2, 0.25) is 0 Å². The number of hydrogen-bond donors (Lipinski definition) is 2. The second-order valence-electron chi connectivity index (χ2n) is 5.94. The topological polar surface area (TPSA) is 87.5 Å². The standard InChI is InChI=1S/C17H20N4O3/c1-20-15(14(10-18-20)17(23)24)16(22)21-9-5-8-13(11-21)19-12-6-3-2-4-7-12/h2-4,6-7,10,13,19H,5,8-9,11H2,1H3,(H,23,24). The summed E-state index contributed by atoms with van der Waals surface area (Å²) in [5, 5.41) is 16.6. The molecular weight excluding hydrogens is 308 g/mol. The molecular formula is C17H20N4O3. The van der Waals surface area contributed by atoms with Gasteiger partial charge in [-0.25, -0.2) is 4.79 Å². The van der Waals surface area contributed by atoms with Crippen molar-refractivity contribution in [1.29, 1.82) is 0 Å². The molecule has 1 amide bonds. The van der Waals surface area contributed by atoms with Gasteiger partial charge in [0.15, 0.2) is 0 Å². The number of para-hydroxylation sites is 1. The molecule has 1 aliphatic heterocycles. The Morgan fingerprint density at radius 3 is 2.75 bits per heavy atom. The number of aromatic nitrogens is 2. The Bertz CT molecular complexity index is 742. The van der Waals surface area contributed by atoms with Gasteiger partial charge in [0.25, 0.3) is 5.91 Å². The van der Waals surface area contributed by atoms with E-state index in [1.165, 1.54) is 10.9 Å². The van der Waals surface area contributed by atoms with Gasteiger partial charge < -0.3 is 15.3 Å². The van der Waals surface area contributed by atoms with Crippen LogP contribution in [0, 0.1) is 0 Å². The third-order valence-electron chi connectivity index (χ3n) is 4.22. The van der Waals surface area contributed by atoms with Crippen molar-refractivity contribution in [1.82, 2.24) is 14.7 Å². The molecule has 126 valence electrons. The minimum absolute atomic E-state index is 0.0550. The van der Waals surface area contributed by atoms with Crippen LogP contribution in [-0.2, 0) is 7.05 Å². The fraction of sp³-hybridized carbons (Fsp3) is 0.353. The molecule has 0 aliphatic carbocycles. The number of carboxylic acids is 1. The summed E-state index contributed by atoms with van der Waals surface area (Å²) in [6.45, 7) is 1.16. The number of nitrogens with one attached hydrogen (secondary N) is 1. The average Bonchev–Trinajstić information content (AvgIpc) is 2.97. The van der Waals surface area contributed by atoms with Crippen LogP contribution in [-0.4, -0.2) is 50.8 Å². The van der Waals surface area contributed by atoms with Gasteiger partial charge in [-0.1, -0.05) is 18.2 Å². The Morgan fingerprint density at radius 2 is 2.04 bits per heavy atom. The predicted octanol–water partition coefficient (Wildman–Crippen LogP) is 1.83. The van der Waals surface area contributed by atoms with Crippen molar-refractivity contribution in [3.05, 3.63) is 47.8 Å². The summed E-state index contributed by atoms with van der Waals surface area (Å²) in [5.74, 6) is -1.42. The van der Waals surface area contributed by atoms with E-state index in [1.54, 1.807) is 11.9 Å². The van der Waals surface area contributed by atoms with Gasteiger partial charge in [-0.2, -0.15) is 5.10 Å². The molecule has 0 radical (unpaired) electrons. The van der Waals surface area contributed by atoms with Crippen molar-refractivity contribution < 1.29 is 14.7 Å². The molecule has 7 heteroatoms. The van der Waals surface area contributed by atoms with Gasteiger partial charge in [-0.3, -0.25) is 9.48 Å². The molecule has 1 saturated heterocycles. The minimum atomic E-state index is -1.14. The smallest absolute Gasteiger partial charge is 0.339 e. The molecule has 2 N–H and O–H groups in total. The van der Waals surface area contributed by atoms with Crippen LogP contribution >= 0.6 is 0 Å². The summed E-state index contributed by atoms with van der Waals surface area (Å²) in [7, 11) is 1.59. The first-order valence-corrected chi connectivity index (χ1v) is 7.92. The van der Waals surface area contributed by atoms with Crippen molar-refractivity contribution in [2.45, 2.75) is 18.9 Å². The predicted molar refractivity (Wildman–Crippen MR) is 89.2 cm³/mol. The maximum Gasteiger partial charge on any atom is 0.339 e. The highest BCUT2D eigenvalue weighted by Gasteiger charge is 2.29. The van der Waals surface area contributed by atoms with Gasteiger partial charge in [-0.15, -0.1) is 0 Å². The second-order valence-corrected chi connectivity index (χ2v) is 5.94. The van der Waals surface area contributed by atoms with Crippen molar-refractivity contribution in [3.63, 3.8) is 0 Å². The highest BCUT2D eigenvalue weighted by molar-refractivity contribution is 6.03. The maximum absolute atomic E-state index is 12.8. The lowest BCUT2D eigenvalue weighted by molar-refractivity contribution is 0.0657. The summed E-state index contributed by atoms with van der Waals surface area (Å²) in [4.78, 5) is 25.8. The largest absolute Gasteiger partial charge is 0.478 e. The Kier molecular flexibility index (Phi) is 4.50. The van der Waals surface area contributed by atoms with Crippen molar-refractivity contribution >= 4 is 17.6 Å². The highest BCUT2D eigenvalue weighted by atomic mass is 16.4. The Labute approximate surface area is 139 Å². The number of anilines is 1. The SMILES string of the molecule is Cn1ncc(C(=O)O)c1C(=O)N1CCCC(Nc2ccccc2)C1. The molecule has 2 aromatic rings. The first kappa shape index (κ1) is 16.0. The number of hydrogen-bond acceptors (Lipinski definition) is 4. The number of carbonyl (C=O) groups excluding carboxylic acids is 1. The third kappa shape index (κ3) is 3.24. The quantitative estimate of drug-likeness (QED) is 0.894. The molecule has 0 spiro atoms. The fourth-order valence-electron chi connectivity index (χ4n) is 3.05. The lowest BCUT2D eigenvalue weighted by Gasteiger charge is -2.33. The van der Waals surface area contributed by atoms with Crippen LogP contribution in [0.3, 0.4) is 0 Å². The lowest BCUT2D eigenvalue weighted by atomic mass is 10.0. The molecule has 0 bridgehead atoms. The molecule has 7 nitrogen and oxygen atoms in total. The molecule has 1 aromatic carbocycles. The van der Waals surface area contributed by atoms with Crippen LogP contribution in [0.1, 0.15) is 33.7 Å². The van der Waals surface area contributed by atoms with Crippen molar-refractivity contribution in [2.24, 2.45) is 7.05 Å². The molecule has 1 atom stereocenters. The number of aryl methyl sites for hydroxylation is 1. The zero-order valence-corrected chi connectivity index (χ0v) is 13.5. The van der Waals surface area contributed by atoms with Gasteiger partial charge in [0, 0.05) is 31.9 Å². The number of piperidine rings is 1. The summed E-state index contributed by atoms with van der Waals surface area (Å²) in [5.41, 5.74) is 1.09. The molecule has 1 fully saturated rings. The fourth-order valence-corrected chi connectivity index (χ4v) is 3.05. The molecule has 24 heavy (non-hydrogen) atoms. The number of likely N-dealkylation sites (tertiary alicyclic amines) is 1. The summed E-state index contributed by atoms with van der Waals surface area (Å²) < 4.78 is 1.33. The zero-order chi connectivity index (χ0) is 17.1. The van der Waals surface area contributed by atoms with E-state index in [4.69, 9.17) is 0 Å². The monoisotopic (exact) mass is 328 g/mol. The van der Waals surface area contributed by atoms with Crippen LogP contribution in [0.2, 0.25) is 0 Å². The van der Waals surface area contributed by atoms with E-state index in [0.29, 0.717) is 13.1 Å². The number of aromatic carboxylic acids is 1. The number of carboxylic acid groups (broad SMARTS) is 1. The number of carbonyl (C=O) groups is 2. The van der Waals surface area contributed by atoms with Gasteiger partial charge in [0.05, 0.1) is 6.20 Å². The summed E-state index contributed by atoms with van der Waals surface area (Å²) in [6.07, 6.45) is 3.06. The number of rotatable bonds is 4. The van der Waals surface area contributed by atoms with Gasteiger partial charge in [-0.05, 0) is 25.0 Å². The molecule has 1 aromatic heterocycles. The van der Waals surface area contributed by atoms with E-state index in [2.05, 4.69) is 10.4 Å². The Morgan fingerprint density at radius 1 is 1.29 bits per heavy atom. The maximum atomic E-state index is 12.8. The molecule has 2 heterocycles. The van der Waals surface area contributed by atoms with Crippen LogP contribution in [0.25, 0.3) is 0 Å². The van der Waals surface area contributed by atoms with Crippen molar-refractivity contribution in [2.75, 3.05) is 18.4 Å². The van der Waals surface area contributed by atoms with E-state index in [9.17, 15) is 14.7 Å². The van der Waals surface area contributed by atoms with Crippen LogP contribution in [0.4, 0.5) is 5.69 Å². The number of nitrogens with zero attached hydrogens (tertiary/aromatic N) is 3.